The van der Waals surface area contributed by atoms with E-state index in [0.29, 0.717) is 12.8 Å². The number of esters is 2. The van der Waals surface area contributed by atoms with Crippen molar-refractivity contribution in [2.45, 2.75) is 142 Å². The predicted octanol–water partition coefficient (Wildman–Crippen LogP) is 9.67. The van der Waals surface area contributed by atoms with E-state index in [1.54, 1.807) is 0 Å². The number of hydrogen-bond donors (Lipinski definition) is 1. The van der Waals surface area contributed by atoms with E-state index in [2.05, 4.69) is 74.6 Å². The van der Waals surface area contributed by atoms with Crippen LogP contribution >= 0.6 is 0 Å². The largest absolute Gasteiger partial charge is 0.462 e. The van der Waals surface area contributed by atoms with Crippen LogP contribution in [-0.2, 0) is 19.1 Å². The average molecular weight is 573 g/mol. The SMILES string of the molecule is CC/C=C\C/C=C\C/C=C\C/C=C\C/C=C\CCCC(=O)O[C@@H](CO)COC(=O)CCCCCCCCCCCC. The van der Waals surface area contributed by atoms with E-state index in [9.17, 15) is 14.7 Å². The second-order valence-corrected chi connectivity index (χ2v) is 10.5. The molecule has 0 rings (SSSR count). The number of unbranched alkanes of at least 4 members (excludes halogenated alkanes) is 10. The van der Waals surface area contributed by atoms with Crippen molar-refractivity contribution in [3.8, 4) is 0 Å². The molecule has 5 heteroatoms. The van der Waals surface area contributed by atoms with Crippen LogP contribution in [0.5, 0.6) is 0 Å². The third-order valence-electron chi connectivity index (χ3n) is 6.58. The van der Waals surface area contributed by atoms with Crippen LogP contribution in [0.4, 0.5) is 0 Å². The lowest BCUT2D eigenvalue weighted by atomic mass is 10.1. The van der Waals surface area contributed by atoms with E-state index >= 15 is 0 Å². The van der Waals surface area contributed by atoms with E-state index in [-0.39, 0.29) is 31.6 Å². The van der Waals surface area contributed by atoms with Gasteiger partial charge in [0, 0.05) is 12.8 Å². The molecule has 41 heavy (non-hydrogen) atoms. The summed E-state index contributed by atoms with van der Waals surface area (Å²) in [6, 6.07) is 0. The Balaban J connectivity index is 3.74. The van der Waals surface area contributed by atoms with Crippen molar-refractivity contribution in [1.82, 2.24) is 0 Å². The molecule has 0 aliphatic carbocycles. The second kappa shape index (κ2) is 32.1. The highest BCUT2D eigenvalue weighted by Gasteiger charge is 2.15. The fraction of sp³-hybridized carbons (Fsp3) is 0.667. The fourth-order valence-corrected chi connectivity index (χ4v) is 4.12. The van der Waals surface area contributed by atoms with E-state index in [1.807, 2.05) is 0 Å². The number of aliphatic hydroxyl groups is 1. The summed E-state index contributed by atoms with van der Waals surface area (Å²) in [6.07, 6.45) is 39.9. The Kier molecular flexibility index (Phi) is 30.2. The Hall–Kier alpha value is -2.40. The minimum atomic E-state index is -0.798. The third kappa shape index (κ3) is 30.4. The second-order valence-electron chi connectivity index (χ2n) is 10.5. The zero-order valence-corrected chi connectivity index (χ0v) is 26.3. The highest BCUT2D eigenvalue weighted by molar-refractivity contribution is 5.70. The Morgan fingerprint density at radius 2 is 1.05 bits per heavy atom. The molecule has 0 unspecified atom stereocenters. The molecule has 0 aromatic heterocycles. The lowest BCUT2D eigenvalue weighted by Crippen LogP contribution is -2.28. The third-order valence-corrected chi connectivity index (χ3v) is 6.58. The van der Waals surface area contributed by atoms with Crippen LogP contribution in [-0.4, -0.2) is 36.4 Å². The number of ether oxygens (including phenoxy) is 2. The Bertz CT molecular complexity index is 747. The molecule has 5 nitrogen and oxygen atoms in total. The normalized spacial score (nSPS) is 13.0. The molecule has 0 aliphatic heterocycles. The minimum absolute atomic E-state index is 0.0897. The van der Waals surface area contributed by atoms with Crippen molar-refractivity contribution in [2.75, 3.05) is 13.2 Å². The first kappa shape index (κ1) is 38.6. The number of aliphatic hydroxyl groups excluding tert-OH is 1. The zero-order valence-electron chi connectivity index (χ0n) is 26.3. The summed E-state index contributed by atoms with van der Waals surface area (Å²) in [4.78, 5) is 24.0. The summed E-state index contributed by atoms with van der Waals surface area (Å²) in [6.45, 7) is 3.93. The summed E-state index contributed by atoms with van der Waals surface area (Å²) in [5.41, 5.74) is 0. The summed E-state index contributed by atoms with van der Waals surface area (Å²) < 4.78 is 10.5. The molecule has 0 radical (unpaired) electrons. The van der Waals surface area contributed by atoms with Gasteiger partial charge >= 0.3 is 11.9 Å². The van der Waals surface area contributed by atoms with Crippen LogP contribution in [0.15, 0.2) is 60.8 Å². The van der Waals surface area contributed by atoms with Crippen molar-refractivity contribution < 1.29 is 24.2 Å². The molecule has 0 saturated carbocycles. The van der Waals surface area contributed by atoms with Gasteiger partial charge in [0.15, 0.2) is 6.10 Å². The van der Waals surface area contributed by atoms with Gasteiger partial charge in [-0.2, -0.15) is 0 Å². The van der Waals surface area contributed by atoms with Gasteiger partial charge in [-0.3, -0.25) is 9.59 Å². The number of carbonyl (C=O) groups is 2. The Morgan fingerprint density at radius 1 is 0.585 bits per heavy atom. The molecule has 0 saturated heterocycles. The predicted molar refractivity (Wildman–Crippen MR) is 173 cm³/mol. The van der Waals surface area contributed by atoms with Gasteiger partial charge in [-0.25, -0.2) is 0 Å². The molecule has 0 bridgehead atoms. The molecule has 0 amide bonds. The standard InChI is InChI=1S/C36H60O5/c1-3-5-7-9-11-13-15-16-17-18-19-20-21-23-25-27-29-31-36(39)41-34(32-37)33-40-35(38)30-28-26-24-22-14-12-10-8-6-4-2/h5,7,11,13,16-17,19-20,23,25,34,37H,3-4,6,8-10,12,14-15,18,21-22,24,26-33H2,1-2H3/b7-5-,13-11-,17-16-,20-19-,25-23-/t34-/m0/s1. The highest BCUT2D eigenvalue weighted by Crippen LogP contribution is 2.12. The Labute approximate surface area is 251 Å². The van der Waals surface area contributed by atoms with Gasteiger partial charge in [0.2, 0.25) is 0 Å². The molecule has 1 N–H and O–H groups in total. The van der Waals surface area contributed by atoms with Crippen LogP contribution in [0.25, 0.3) is 0 Å². The number of carbonyl (C=O) groups excluding carboxylic acids is 2. The number of allylic oxidation sites excluding steroid dienone is 10. The van der Waals surface area contributed by atoms with E-state index in [1.165, 1.54) is 44.9 Å². The molecular formula is C36H60O5. The van der Waals surface area contributed by atoms with Gasteiger partial charge in [0.05, 0.1) is 6.61 Å². The minimum Gasteiger partial charge on any atom is -0.462 e. The van der Waals surface area contributed by atoms with Crippen LogP contribution < -0.4 is 0 Å². The average Bonchev–Trinajstić information content (AvgIpc) is 2.97. The smallest absolute Gasteiger partial charge is 0.306 e. The summed E-state index contributed by atoms with van der Waals surface area (Å²) in [7, 11) is 0. The molecular weight excluding hydrogens is 512 g/mol. The molecule has 0 aromatic carbocycles. The number of hydrogen-bond acceptors (Lipinski definition) is 5. The first-order valence-electron chi connectivity index (χ1n) is 16.3. The molecule has 0 heterocycles. The van der Waals surface area contributed by atoms with Gasteiger partial charge in [-0.15, -0.1) is 0 Å². The van der Waals surface area contributed by atoms with E-state index in [0.717, 1.165) is 57.8 Å². The van der Waals surface area contributed by atoms with Crippen molar-refractivity contribution >= 4 is 11.9 Å². The van der Waals surface area contributed by atoms with Crippen LogP contribution in [0, 0.1) is 0 Å². The van der Waals surface area contributed by atoms with Crippen LogP contribution in [0.3, 0.4) is 0 Å². The maximum atomic E-state index is 12.1. The maximum absolute atomic E-state index is 12.1. The quantitative estimate of drug-likeness (QED) is 0.0574. The van der Waals surface area contributed by atoms with Gasteiger partial charge in [0.1, 0.15) is 6.61 Å². The van der Waals surface area contributed by atoms with Crippen LogP contribution in [0.2, 0.25) is 0 Å². The monoisotopic (exact) mass is 572 g/mol. The molecule has 0 fully saturated rings. The fourth-order valence-electron chi connectivity index (χ4n) is 4.12. The van der Waals surface area contributed by atoms with E-state index < -0.39 is 6.10 Å². The summed E-state index contributed by atoms with van der Waals surface area (Å²) in [5.74, 6) is -0.667. The van der Waals surface area contributed by atoms with Gasteiger partial charge in [0.25, 0.3) is 0 Å². The van der Waals surface area contributed by atoms with Crippen molar-refractivity contribution in [1.29, 1.82) is 0 Å². The number of rotatable bonds is 28. The van der Waals surface area contributed by atoms with Crippen molar-refractivity contribution in [3.63, 3.8) is 0 Å². The first-order valence-corrected chi connectivity index (χ1v) is 16.3. The van der Waals surface area contributed by atoms with E-state index in [4.69, 9.17) is 9.47 Å². The first-order chi connectivity index (χ1) is 20.1. The van der Waals surface area contributed by atoms with Crippen molar-refractivity contribution in [2.24, 2.45) is 0 Å². The highest BCUT2D eigenvalue weighted by atomic mass is 16.6. The van der Waals surface area contributed by atoms with Gasteiger partial charge in [-0.05, 0) is 51.4 Å². The van der Waals surface area contributed by atoms with Gasteiger partial charge in [-0.1, -0.05) is 132 Å². The zero-order chi connectivity index (χ0) is 30.1. The molecule has 0 aliphatic rings. The Morgan fingerprint density at radius 3 is 1.56 bits per heavy atom. The molecule has 0 aromatic rings. The lowest BCUT2D eigenvalue weighted by Gasteiger charge is -2.15. The maximum Gasteiger partial charge on any atom is 0.306 e. The molecule has 0 spiro atoms. The topological polar surface area (TPSA) is 72.8 Å². The van der Waals surface area contributed by atoms with Crippen LogP contribution in [0.1, 0.15) is 136 Å². The lowest BCUT2D eigenvalue weighted by molar-refractivity contribution is -0.161. The van der Waals surface area contributed by atoms with Gasteiger partial charge < -0.3 is 14.6 Å². The molecule has 1 atom stereocenters. The summed E-state index contributed by atoms with van der Waals surface area (Å²) in [5, 5.41) is 9.48. The summed E-state index contributed by atoms with van der Waals surface area (Å²) >= 11 is 0. The molecule has 234 valence electrons. The van der Waals surface area contributed by atoms with Crippen molar-refractivity contribution in [3.05, 3.63) is 60.8 Å².